The second-order valence-corrected chi connectivity index (χ2v) is 7.52. The third-order valence-corrected chi connectivity index (χ3v) is 5.35. The van der Waals surface area contributed by atoms with Gasteiger partial charge in [-0.15, -0.1) is 0 Å². The number of anilines is 2. The summed E-state index contributed by atoms with van der Waals surface area (Å²) in [5.74, 6) is -0.277. The van der Waals surface area contributed by atoms with Gasteiger partial charge in [0.15, 0.2) is 5.58 Å². The number of benzene rings is 2. The largest absolute Gasteiger partial charge is 0.494 e. The Bertz CT molecular complexity index is 1010. The lowest BCUT2D eigenvalue weighted by atomic mass is 9.97. The average Bonchev–Trinajstić information content (AvgIpc) is 3.23. The lowest BCUT2D eigenvalue weighted by Gasteiger charge is -2.30. The summed E-state index contributed by atoms with van der Waals surface area (Å²) in [6.45, 7) is 4.54. The zero-order valence-corrected chi connectivity index (χ0v) is 17.5. The lowest BCUT2D eigenvalue weighted by molar-refractivity contribution is -0.136. The summed E-state index contributed by atoms with van der Waals surface area (Å²) >= 11 is 0. The van der Waals surface area contributed by atoms with Gasteiger partial charge >= 0.3 is 11.8 Å². The van der Waals surface area contributed by atoms with Crippen LogP contribution in [0.4, 0.5) is 11.7 Å². The third kappa shape index (κ3) is 5.14. The summed E-state index contributed by atoms with van der Waals surface area (Å²) in [5, 5.41) is 5.35. The molecule has 8 heteroatoms. The molecule has 4 rings (SSSR count). The number of carbonyl (C=O) groups excluding carboxylic acids is 2. The molecule has 1 aromatic heterocycles. The SMILES string of the molecule is CCOc1ccc(NC(=O)C(=O)NCC2CCN(c3nc4ccccc4o3)CC2)cc1. The van der Waals surface area contributed by atoms with Gasteiger partial charge in [0.05, 0.1) is 6.61 Å². The molecule has 0 bridgehead atoms. The molecule has 31 heavy (non-hydrogen) atoms. The topological polar surface area (TPSA) is 96.7 Å². The number of hydrogen-bond donors (Lipinski definition) is 2. The van der Waals surface area contributed by atoms with Crippen LogP contribution in [0.2, 0.25) is 0 Å². The Morgan fingerprint density at radius 2 is 1.84 bits per heavy atom. The molecule has 0 saturated carbocycles. The van der Waals surface area contributed by atoms with Crippen molar-refractivity contribution in [2.24, 2.45) is 5.92 Å². The van der Waals surface area contributed by atoms with Gasteiger partial charge in [-0.05, 0) is 62.1 Å². The van der Waals surface area contributed by atoms with E-state index >= 15 is 0 Å². The molecule has 0 radical (unpaired) electrons. The molecule has 2 aromatic carbocycles. The van der Waals surface area contributed by atoms with Gasteiger partial charge in [-0.25, -0.2) is 0 Å². The van der Waals surface area contributed by atoms with Crippen LogP contribution < -0.4 is 20.3 Å². The Balaban J connectivity index is 1.21. The zero-order valence-electron chi connectivity index (χ0n) is 17.5. The molecule has 0 spiro atoms. The van der Waals surface area contributed by atoms with E-state index in [0.29, 0.717) is 36.5 Å². The maximum absolute atomic E-state index is 12.2. The van der Waals surface area contributed by atoms with Crippen LogP contribution in [0.1, 0.15) is 19.8 Å². The first-order chi connectivity index (χ1) is 15.1. The predicted molar refractivity (Wildman–Crippen MR) is 118 cm³/mol. The predicted octanol–water partition coefficient (Wildman–Crippen LogP) is 3.20. The smallest absolute Gasteiger partial charge is 0.313 e. The summed E-state index contributed by atoms with van der Waals surface area (Å²) in [4.78, 5) is 31.0. The van der Waals surface area contributed by atoms with Crippen LogP contribution >= 0.6 is 0 Å². The fraction of sp³-hybridized carbons (Fsp3) is 0.348. The van der Waals surface area contributed by atoms with E-state index in [1.54, 1.807) is 24.3 Å². The molecule has 162 valence electrons. The molecule has 1 aliphatic heterocycles. The molecule has 0 unspecified atom stereocenters. The lowest BCUT2D eigenvalue weighted by Crippen LogP contribution is -2.41. The molecule has 2 N–H and O–H groups in total. The van der Waals surface area contributed by atoms with Gasteiger partial charge in [-0.2, -0.15) is 4.98 Å². The minimum absolute atomic E-state index is 0.308. The minimum Gasteiger partial charge on any atom is -0.494 e. The van der Waals surface area contributed by atoms with Crippen molar-refractivity contribution in [1.82, 2.24) is 10.3 Å². The van der Waals surface area contributed by atoms with Crippen molar-refractivity contribution in [2.45, 2.75) is 19.8 Å². The summed E-state index contributed by atoms with van der Waals surface area (Å²) in [7, 11) is 0. The Hall–Kier alpha value is -3.55. The molecular formula is C23H26N4O4. The van der Waals surface area contributed by atoms with Crippen molar-refractivity contribution >= 4 is 34.6 Å². The Kier molecular flexibility index (Phi) is 6.35. The average molecular weight is 422 g/mol. The summed E-state index contributed by atoms with van der Waals surface area (Å²) < 4.78 is 11.2. The number of amides is 2. The number of aromatic nitrogens is 1. The number of oxazole rings is 1. The van der Waals surface area contributed by atoms with Gasteiger partial charge in [0.25, 0.3) is 6.01 Å². The monoisotopic (exact) mass is 422 g/mol. The number of piperidine rings is 1. The number of para-hydroxylation sites is 2. The van der Waals surface area contributed by atoms with Crippen LogP contribution in [-0.2, 0) is 9.59 Å². The first kappa shape index (κ1) is 20.7. The maximum Gasteiger partial charge on any atom is 0.313 e. The fourth-order valence-electron chi connectivity index (χ4n) is 3.63. The Labute approximate surface area is 180 Å². The summed E-state index contributed by atoms with van der Waals surface area (Å²) in [6.07, 6.45) is 1.78. The minimum atomic E-state index is -0.673. The second-order valence-electron chi connectivity index (χ2n) is 7.52. The number of hydrogen-bond acceptors (Lipinski definition) is 6. The number of carbonyl (C=O) groups is 2. The molecule has 1 aliphatic rings. The van der Waals surface area contributed by atoms with Gasteiger partial charge in [0.1, 0.15) is 11.3 Å². The van der Waals surface area contributed by atoms with Crippen LogP contribution in [0.5, 0.6) is 5.75 Å². The Morgan fingerprint density at radius 1 is 1.10 bits per heavy atom. The van der Waals surface area contributed by atoms with Crippen molar-refractivity contribution in [1.29, 1.82) is 0 Å². The van der Waals surface area contributed by atoms with E-state index in [4.69, 9.17) is 9.15 Å². The number of nitrogens with zero attached hydrogens (tertiary/aromatic N) is 2. The quantitative estimate of drug-likeness (QED) is 0.592. The van der Waals surface area contributed by atoms with Crippen LogP contribution in [0.15, 0.2) is 52.9 Å². The standard InChI is InChI=1S/C23H26N4O4/c1-2-30-18-9-7-17(8-10-18)25-22(29)21(28)24-15-16-11-13-27(14-12-16)23-26-19-5-3-4-6-20(19)31-23/h3-10,16H,2,11-15H2,1H3,(H,24,28)(H,25,29). The zero-order chi connectivity index (χ0) is 21.6. The molecule has 1 fully saturated rings. The molecule has 2 amide bonds. The fourth-order valence-corrected chi connectivity index (χ4v) is 3.63. The second kappa shape index (κ2) is 9.51. The van der Waals surface area contributed by atoms with Gasteiger partial charge in [0.2, 0.25) is 0 Å². The van der Waals surface area contributed by atoms with Crippen LogP contribution in [-0.4, -0.2) is 43.0 Å². The molecule has 2 heterocycles. The van der Waals surface area contributed by atoms with Crippen LogP contribution in [0.3, 0.4) is 0 Å². The van der Waals surface area contributed by atoms with Crippen molar-refractivity contribution in [3.8, 4) is 5.75 Å². The molecule has 1 saturated heterocycles. The van der Waals surface area contributed by atoms with Crippen molar-refractivity contribution in [3.05, 3.63) is 48.5 Å². The van der Waals surface area contributed by atoms with E-state index in [2.05, 4.69) is 20.5 Å². The number of nitrogens with one attached hydrogen (secondary N) is 2. The van der Waals surface area contributed by atoms with E-state index in [-0.39, 0.29) is 0 Å². The van der Waals surface area contributed by atoms with Crippen molar-refractivity contribution < 1.29 is 18.7 Å². The van der Waals surface area contributed by atoms with Crippen LogP contribution in [0.25, 0.3) is 11.1 Å². The van der Waals surface area contributed by atoms with Gasteiger partial charge < -0.3 is 24.7 Å². The van der Waals surface area contributed by atoms with E-state index in [0.717, 1.165) is 37.0 Å². The molecule has 0 atom stereocenters. The Morgan fingerprint density at radius 3 is 2.55 bits per heavy atom. The van der Waals surface area contributed by atoms with Crippen molar-refractivity contribution in [2.75, 3.05) is 36.5 Å². The van der Waals surface area contributed by atoms with Gasteiger partial charge in [-0.1, -0.05) is 12.1 Å². The van der Waals surface area contributed by atoms with E-state index in [1.807, 2.05) is 31.2 Å². The maximum atomic E-state index is 12.2. The third-order valence-electron chi connectivity index (χ3n) is 5.35. The number of rotatable bonds is 6. The number of ether oxygens (including phenoxy) is 1. The molecule has 8 nitrogen and oxygen atoms in total. The van der Waals surface area contributed by atoms with Crippen molar-refractivity contribution in [3.63, 3.8) is 0 Å². The summed E-state index contributed by atoms with van der Waals surface area (Å²) in [6, 6.07) is 15.3. The van der Waals surface area contributed by atoms with Gasteiger partial charge in [-0.3, -0.25) is 9.59 Å². The molecular weight excluding hydrogens is 396 g/mol. The highest BCUT2D eigenvalue weighted by atomic mass is 16.5. The van der Waals surface area contributed by atoms with E-state index in [1.165, 1.54) is 0 Å². The first-order valence-corrected chi connectivity index (χ1v) is 10.5. The molecule has 3 aromatic rings. The van der Waals surface area contributed by atoms with E-state index in [9.17, 15) is 9.59 Å². The highest BCUT2D eigenvalue weighted by Crippen LogP contribution is 2.26. The molecule has 0 aliphatic carbocycles. The highest BCUT2D eigenvalue weighted by Gasteiger charge is 2.24. The normalized spacial score (nSPS) is 14.4. The van der Waals surface area contributed by atoms with E-state index < -0.39 is 11.8 Å². The highest BCUT2D eigenvalue weighted by molar-refractivity contribution is 6.39. The van der Waals surface area contributed by atoms with Crippen LogP contribution in [0, 0.1) is 5.92 Å². The van der Waals surface area contributed by atoms with Gasteiger partial charge in [0, 0.05) is 25.3 Å². The summed E-state index contributed by atoms with van der Waals surface area (Å²) in [5.41, 5.74) is 2.19. The number of fused-ring (bicyclic) bond motifs is 1. The first-order valence-electron chi connectivity index (χ1n) is 10.5.